The van der Waals surface area contributed by atoms with Crippen LogP contribution < -0.4 is 10.6 Å². The number of amides is 1. The lowest BCUT2D eigenvalue weighted by Gasteiger charge is -2.37. The van der Waals surface area contributed by atoms with E-state index in [0.717, 1.165) is 13.1 Å². The summed E-state index contributed by atoms with van der Waals surface area (Å²) in [6.45, 7) is 12.8. The molecule has 0 unspecified atom stereocenters. The maximum Gasteiger partial charge on any atom is 0.408 e. The van der Waals surface area contributed by atoms with Gasteiger partial charge >= 0.3 is 6.09 Å². The van der Waals surface area contributed by atoms with E-state index in [2.05, 4.69) is 42.4 Å². The second-order valence-electron chi connectivity index (χ2n) is 12.4. The van der Waals surface area contributed by atoms with Crippen molar-refractivity contribution in [1.82, 2.24) is 15.5 Å². The number of nitrogens with one attached hydrogen (secondary N) is 2. The zero-order valence-electron chi connectivity index (χ0n) is 24.2. The molecule has 2 aliphatic heterocycles. The van der Waals surface area contributed by atoms with E-state index >= 15 is 4.39 Å². The molecule has 0 aliphatic carbocycles. The van der Waals surface area contributed by atoms with Gasteiger partial charge in [0, 0.05) is 37.2 Å². The molecule has 0 saturated carbocycles. The van der Waals surface area contributed by atoms with Gasteiger partial charge in [0.15, 0.2) is 6.23 Å². The van der Waals surface area contributed by atoms with E-state index < -0.39 is 35.5 Å². The summed E-state index contributed by atoms with van der Waals surface area (Å²) in [6, 6.07) is 13.7. The molecule has 2 heterocycles. The normalized spacial score (nSPS) is 28.7. The van der Waals surface area contributed by atoms with Crippen LogP contribution in [0.25, 0.3) is 0 Å². The minimum absolute atomic E-state index is 0.0677. The van der Waals surface area contributed by atoms with Gasteiger partial charge < -0.3 is 14.8 Å². The zero-order valence-corrected chi connectivity index (χ0v) is 25.7. The highest BCUT2D eigenvalue weighted by molar-refractivity contribution is 6.31. The molecular formula is C31H39Cl2FN4O3. The molecule has 2 aromatic rings. The molecule has 0 spiro atoms. The third-order valence-electron chi connectivity index (χ3n) is 7.77. The maximum absolute atomic E-state index is 15.7. The predicted octanol–water partition coefficient (Wildman–Crippen LogP) is 6.25. The van der Waals surface area contributed by atoms with Gasteiger partial charge in [-0.2, -0.15) is 5.26 Å². The number of carbonyl (C=O) groups excluding carboxylic acids is 1. The quantitative estimate of drug-likeness (QED) is 0.388. The molecule has 2 aromatic carbocycles. The molecule has 2 saturated heterocycles. The molecule has 0 radical (unpaired) electrons. The van der Waals surface area contributed by atoms with Gasteiger partial charge in [0.05, 0.1) is 29.2 Å². The van der Waals surface area contributed by atoms with Gasteiger partial charge in [-0.1, -0.05) is 68.2 Å². The Bertz CT molecular complexity index is 1260. The van der Waals surface area contributed by atoms with Gasteiger partial charge in [0.2, 0.25) is 0 Å². The monoisotopic (exact) mass is 604 g/mol. The lowest BCUT2D eigenvalue weighted by atomic mass is 9.64. The molecule has 4 rings (SSSR count). The summed E-state index contributed by atoms with van der Waals surface area (Å²) in [4.78, 5) is 15.4. The number of benzene rings is 2. The topological polar surface area (TPSA) is 86.6 Å². The van der Waals surface area contributed by atoms with E-state index in [1.807, 2.05) is 13.8 Å². The van der Waals surface area contributed by atoms with Gasteiger partial charge in [-0.05, 0) is 55.0 Å². The fourth-order valence-electron chi connectivity index (χ4n) is 6.24. The molecule has 6 atom stereocenters. The first kappa shape index (κ1) is 31.5. The first-order valence-corrected chi connectivity index (χ1v) is 14.8. The Labute approximate surface area is 252 Å². The van der Waals surface area contributed by atoms with Crippen molar-refractivity contribution in [1.29, 1.82) is 5.26 Å². The Hall–Kier alpha value is -2.41. The van der Waals surface area contributed by atoms with E-state index in [1.165, 1.54) is 6.07 Å². The summed E-state index contributed by atoms with van der Waals surface area (Å²) >= 11 is 12.4. The highest BCUT2D eigenvalue weighted by Gasteiger charge is 2.60. The number of halogens is 3. The Morgan fingerprint density at radius 2 is 1.85 bits per heavy atom. The van der Waals surface area contributed by atoms with Crippen molar-refractivity contribution < 1.29 is 18.7 Å². The molecule has 222 valence electrons. The number of hydrogen-bond acceptors (Lipinski definition) is 6. The first-order chi connectivity index (χ1) is 19.3. The van der Waals surface area contributed by atoms with E-state index in [4.69, 9.17) is 32.7 Å². The third kappa shape index (κ3) is 7.15. The highest BCUT2D eigenvalue weighted by Crippen LogP contribution is 2.52. The van der Waals surface area contributed by atoms with Crippen LogP contribution in [0.3, 0.4) is 0 Å². The average molecular weight is 606 g/mol. The molecule has 2 fully saturated rings. The summed E-state index contributed by atoms with van der Waals surface area (Å²) < 4.78 is 27.4. The maximum atomic E-state index is 15.7. The van der Waals surface area contributed by atoms with Crippen molar-refractivity contribution in [2.75, 3.05) is 26.2 Å². The fraction of sp³-hybridized carbons (Fsp3) is 0.548. The number of hydrogen-bond donors (Lipinski definition) is 2. The predicted molar refractivity (Wildman–Crippen MR) is 159 cm³/mol. The second kappa shape index (κ2) is 12.8. The molecule has 7 nitrogen and oxygen atoms in total. The Balaban J connectivity index is 1.66. The number of ether oxygens (including phenoxy) is 2. The van der Waals surface area contributed by atoms with Crippen LogP contribution in [0, 0.1) is 22.6 Å². The van der Waals surface area contributed by atoms with E-state index in [9.17, 15) is 10.1 Å². The van der Waals surface area contributed by atoms with Gasteiger partial charge in [-0.25, -0.2) is 9.18 Å². The molecule has 41 heavy (non-hydrogen) atoms. The minimum atomic E-state index is -1.30. The minimum Gasteiger partial charge on any atom is -0.430 e. The summed E-state index contributed by atoms with van der Waals surface area (Å²) in [5.74, 6) is -1.54. The third-order valence-corrected chi connectivity index (χ3v) is 8.32. The second-order valence-corrected chi connectivity index (χ2v) is 13.2. The zero-order chi connectivity index (χ0) is 29.9. The number of carbonyl (C=O) groups is 1. The largest absolute Gasteiger partial charge is 0.430 e. The van der Waals surface area contributed by atoms with E-state index in [-0.39, 0.29) is 28.2 Å². The van der Waals surface area contributed by atoms with E-state index in [0.29, 0.717) is 30.1 Å². The van der Waals surface area contributed by atoms with Crippen LogP contribution >= 0.6 is 23.2 Å². The smallest absolute Gasteiger partial charge is 0.408 e. The average Bonchev–Trinajstić information content (AvgIpc) is 3.17. The summed E-state index contributed by atoms with van der Waals surface area (Å²) in [7, 11) is 0. The highest BCUT2D eigenvalue weighted by atomic mass is 35.5. The van der Waals surface area contributed by atoms with Crippen LogP contribution in [-0.4, -0.2) is 61.6 Å². The van der Waals surface area contributed by atoms with Crippen LogP contribution in [-0.2, 0) is 14.9 Å². The number of alkyl carbamates (subject to hydrolysis) is 1. The van der Waals surface area contributed by atoms with E-state index in [1.54, 1.807) is 36.4 Å². The van der Waals surface area contributed by atoms with Crippen LogP contribution in [0.4, 0.5) is 9.18 Å². The molecule has 0 bridgehead atoms. The van der Waals surface area contributed by atoms with Crippen molar-refractivity contribution in [2.45, 2.75) is 76.9 Å². The number of morpholine rings is 1. The Morgan fingerprint density at radius 1 is 1.20 bits per heavy atom. The van der Waals surface area contributed by atoms with Gasteiger partial charge in [-0.15, -0.1) is 0 Å². The standard InChI is InChI=1S/C31H39Cl2FN4O3/c1-19-16-38(17-20(2)40-19)14-13-36-29(39)41-28-26(23-7-6-8-24(33)27(23)34)31(18-35,21-9-11-22(32)12-10-21)25(37-28)15-30(3,4)5/h6-12,19-20,25-26,28,37H,13-17H2,1-5H3,(H,36,39)/t19-,20+,25-,26-,28+,31-/m0/s1. The van der Waals surface area contributed by atoms with Crippen LogP contribution in [0.15, 0.2) is 42.5 Å². The van der Waals surface area contributed by atoms with Crippen molar-refractivity contribution in [3.05, 3.63) is 69.5 Å². The summed E-state index contributed by atoms with van der Waals surface area (Å²) in [5, 5.41) is 17.6. The Morgan fingerprint density at radius 3 is 2.46 bits per heavy atom. The molecule has 1 amide bonds. The lowest BCUT2D eigenvalue weighted by Crippen LogP contribution is -2.48. The lowest BCUT2D eigenvalue weighted by molar-refractivity contribution is -0.0673. The van der Waals surface area contributed by atoms with Crippen molar-refractivity contribution >= 4 is 29.3 Å². The van der Waals surface area contributed by atoms with Gasteiger partial charge in [0.1, 0.15) is 11.2 Å². The first-order valence-electron chi connectivity index (χ1n) is 14.0. The summed E-state index contributed by atoms with van der Waals surface area (Å²) in [5.41, 5.74) is -0.647. The fourth-order valence-corrected chi connectivity index (χ4v) is 6.55. The van der Waals surface area contributed by atoms with Crippen molar-refractivity contribution in [3.63, 3.8) is 0 Å². The number of nitrogens with zero attached hydrogens (tertiary/aromatic N) is 2. The van der Waals surface area contributed by atoms with Crippen LogP contribution in [0.2, 0.25) is 10.0 Å². The molecular weight excluding hydrogens is 566 g/mol. The van der Waals surface area contributed by atoms with Gasteiger partial charge in [0.25, 0.3) is 0 Å². The molecule has 0 aromatic heterocycles. The number of rotatable bonds is 7. The number of nitriles is 1. The van der Waals surface area contributed by atoms with Crippen LogP contribution in [0.1, 0.15) is 58.1 Å². The van der Waals surface area contributed by atoms with Crippen LogP contribution in [0.5, 0.6) is 0 Å². The SMILES string of the molecule is C[C@@H]1CN(CCNC(=O)O[C@H]2N[C@@H](CC(C)(C)C)[C@](C#N)(c3ccc(Cl)cc3)[C@H]2c2cccc(Cl)c2F)C[C@H](C)O1. The molecule has 10 heteroatoms. The molecule has 2 aliphatic rings. The summed E-state index contributed by atoms with van der Waals surface area (Å²) in [6.07, 6.45) is -0.865. The van der Waals surface area contributed by atoms with Gasteiger partial charge in [-0.3, -0.25) is 10.2 Å². The van der Waals surface area contributed by atoms with Crippen molar-refractivity contribution in [3.8, 4) is 6.07 Å². The van der Waals surface area contributed by atoms with Crippen molar-refractivity contribution in [2.24, 2.45) is 5.41 Å². The Kier molecular flexibility index (Phi) is 9.88. The molecule has 2 N–H and O–H groups in total.